The Morgan fingerprint density at radius 2 is 2.39 bits per heavy atom. The van der Waals surface area contributed by atoms with Crippen LogP contribution >= 0.6 is 0 Å². The van der Waals surface area contributed by atoms with Gasteiger partial charge in [0, 0.05) is 19.1 Å². The second-order valence-electron chi connectivity index (χ2n) is 5.05. The predicted octanol–water partition coefficient (Wildman–Crippen LogP) is -0.104. The van der Waals surface area contributed by atoms with Crippen LogP contribution in [0.5, 0.6) is 0 Å². The van der Waals surface area contributed by atoms with Gasteiger partial charge in [-0.1, -0.05) is 0 Å². The van der Waals surface area contributed by atoms with E-state index in [1.807, 2.05) is 14.1 Å². The number of nitrogens with two attached hydrogens (primary N) is 1. The first-order chi connectivity index (χ1) is 8.59. The molecule has 1 heterocycles. The molecule has 1 aliphatic rings. The van der Waals surface area contributed by atoms with E-state index >= 15 is 0 Å². The third-order valence-electron chi connectivity index (χ3n) is 3.12. The van der Waals surface area contributed by atoms with E-state index in [0.29, 0.717) is 6.04 Å². The Balaban J connectivity index is 2.04. The Hall–Kier alpha value is -1.40. The van der Waals surface area contributed by atoms with Crippen molar-refractivity contribution in [1.29, 1.82) is 0 Å². The Morgan fingerprint density at radius 1 is 1.67 bits per heavy atom. The van der Waals surface area contributed by atoms with E-state index in [9.17, 15) is 4.79 Å². The Labute approximate surface area is 107 Å². The second kappa shape index (κ2) is 5.49. The van der Waals surface area contributed by atoms with Crippen LogP contribution < -0.4 is 11.1 Å². The van der Waals surface area contributed by atoms with Crippen molar-refractivity contribution >= 4 is 5.91 Å². The van der Waals surface area contributed by atoms with Crippen molar-refractivity contribution in [1.82, 2.24) is 19.8 Å². The Kier molecular flexibility index (Phi) is 3.98. The maximum atomic E-state index is 11.6. The molecular formula is C12H21N5O. The summed E-state index contributed by atoms with van der Waals surface area (Å²) in [4.78, 5) is 17.8. The van der Waals surface area contributed by atoms with Crippen molar-refractivity contribution in [3.05, 3.63) is 18.2 Å². The fraction of sp³-hybridized carbons (Fsp3) is 0.667. The first-order valence-corrected chi connectivity index (χ1v) is 6.28. The lowest BCUT2D eigenvalue weighted by Crippen LogP contribution is -2.38. The summed E-state index contributed by atoms with van der Waals surface area (Å²) in [6.45, 7) is 1.58. The van der Waals surface area contributed by atoms with Crippen LogP contribution in [0.2, 0.25) is 0 Å². The number of carbonyl (C=O) groups is 1. The maximum Gasteiger partial charge on any atom is 0.240 e. The molecule has 1 amide bonds. The van der Waals surface area contributed by atoms with Crippen LogP contribution in [0.15, 0.2) is 12.5 Å². The van der Waals surface area contributed by atoms with Gasteiger partial charge in [0.25, 0.3) is 0 Å². The zero-order valence-corrected chi connectivity index (χ0v) is 11.0. The molecule has 6 nitrogen and oxygen atoms in total. The maximum absolute atomic E-state index is 11.6. The van der Waals surface area contributed by atoms with Gasteiger partial charge in [0.1, 0.15) is 6.04 Å². The third-order valence-corrected chi connectivity index (χ3v) is 3.12. The molecule has 0 radical (unpaired) electrons. The molecule has 1 aromatic heterocycles. The molecule has 3 N–H and O–H groups in total. The molecule has 1 fully saturated rings. The fourth-order valence-electron chi connectivity index (χ4n) is 1.98. The van der Waals surface area contributed by atoms with Gasteiger partial charge in [-0.25, -0.2) is 4.98 Å². The fourth-order valence-corrected chi connectivity index (χ4v) is 1.98. The first kappa shape index (κ1) is 13.0. The zero-order valence-electron chi connectivity index (χ0n) is 11.0. The minimum atomic E-state index is -0.451. The van der Waals surface area contributed by atoms with E-state index in [-0.39, 0.29) is 5.91 Å². The number of nitrogens with zero attached hydrogens (tertiary/aromatic N) is 3. The van der Waals surface area contributed by atoms with E-state index < -0.39 is 6.04 Å². The lowest BCUT2D eigenvalue weighted by Gasteiger charge is -2.18. The number of likely N-dealkylation sites (N-methyl/N-ethyl adjacent to an activating group) is 1. The molecule has 100 valence electrons. The van der Waals surface area contributed by atoms with E-state index in [4.69, 9.17) is 5.73 Å². The SMILES string of the molecule is CN(C)CCNC(C(N)=O)c1cncn1C1CC1. The van der Waals surface area contributed by atoms with Crippen LogP contribution in [0.3, 0.4) is 0 Å². The van der Waals surface area contributed by atoms with Gasteiger partial charge in [0.15, 0.2) is 0 Å². The van der Waals surface area contributed by atoms with Crippen molar-refractivity contribution in [2.45, 2.75) is 24.9 Å². The highest BCUT2D eigenvalue weighted by molar-refractivity contribution is 5.80. The zero-order chi connectivity index (χ0) is 13.1. The first-order valence-electron chi connectivity index (χ1n) is 6.28. The Morgan fingerprint density at radius 3 is 2.94 bits per heavy atom. The molecule has 0 aliphatic heterocycles. The summed E-state index contributed by atoms with van der Waals surface area (Å²) in [6, 6.07) is 0.0491. The van der Waals surface area contributed by atoms with Crippen LogP contribution in [0, 0.1) is 0 Å². The van der Waals surface area contributed by atoms with Crippen LogP contribution in [0.25, 0.3) is 0 Å². The molecule has 0 bridgehead atoms. The molecule has 1 atom stereocenters. The number of hydrogen-bond acceptors (Lipinski definition) is 4. The van der Waals surface area contributed by atoms with Crippen molar-refractivity contribution in [2.24, 2.45) is 5.73 Å². The van der Waals surface area contributed by atoms with Gasteiger partial charge in [-0.05, 0) is 26.9 Å². The minimum Gasteiger partial charge on any atom is -0.368 e. The van der Waals surface area contributed by atoms with Gasteiger partial charge >= 0.3 is 0 Å². The molecule has 2 rings (SSSR count). The average Bonchev–Trinajstić information content (AvgIpc) is 3.03. The van der Waals surface area contributed by atoms with Gasteiger partial charge in [0.05, 0.1) is 18.2 Å². The summed E-state index contributed by atoms with van der Waals surface area (Å²) >= 11 is 0. The van der Waals surface area contributed by atoms with Crippen molar-refractivity contribution in [3.63, 3.8) is 0 Å². The lowest BCUT2D eigenvalue weighted by molar-refractivity contribution is -0.120. The smallest absolute Gasteiger partial charge is 0.240 e. The molecule has 1 aliphatic carbocycles. The molecule has 0 saturated heterocycles. The number of imidazole rings is 1. The quantitative estimate of drug-likeness (QED) is 0.709. The Bertz CT molecular complexity index is 410. The number of hydrogen-bond donors (Lipinski definition) is 2. The molecular weight excluding hydrogens is 230 g/mol. The molecule has 1 unspecified atom stereocenters. The highest BCUT2D eigenvalue weighted by Crippen LogP contribution is 2.36. The van der Waals surface area contributed by atoms with Crippen LogP contribution in [0.4, 0.5) is 0 Å². The monoisotopic (exact) mass is 251 g/mol. The highest BCUT2D eigenvalue weighted by atomic mass is 16.1. The summed E-state index contributed by atoms with van der Waals surface area (Å²) in [6.07, 6.45) is 5.84. The molecule has 0 aromatic carbocycles. The van der Waals surface area contributed by atoms with E-state index in [1.54, 1.807) is 12.5 Å². The van der Waals surface area contributed by atoms with Crippen molar-refractivity contribution < 1.29 is 4.79 Å². The molecule has 18 heavy (non-hydrogen) atoms. The number of primary amides is 1. The molecule has 0 spiro atoms. The average molecular weight is 251 g/mol. The van der Waals surface area contributed by atoms with Gasteiger partial charge in [-0.3, -0.25) is 10.1 Å². The number of aromatic nitrogens is 2. The van der Waals surface area contributed by atoms with Crippen LogP contribution in [-0.4, -0.2) is 47.5 Å². The van der Waals surface area contributed by atoms with E-state index in [0.717, 1.165) is 31.6 Å². The largest absolute Gasteiger partial charge is 0.368 e. The summed E-state index contributed by atoms with van der Waals surface area (Å²) in [7, 11) is 3.99. The second-order valence-corrected chi connectivity index (χ2v) is 5.05. The number of amides is 1. The van der Waals surface area contributed by atoms with Crippen molar-refractivity contribution in [3.8, 4) is 0 Å². The standard InChI is InChI=1S/C12H21N5O/c1-16(2)6-5-15-11(12(13)18)10-7-14-8-17(10)9-3-4-9/h7-9,11,15H,3-6H2,1-2H3,(H2,13,18). The van der Waals surface area contributed by atoms with E-state index in [1.165, 1.54) is 0 Å². The number of nitrogens with one attached hydrogen (secondary N) is 1. The summed E-state index contributed by atoms with van der Waals surface area (Å²) in [5.74, 6) is -0.351. The molecule has 1 aromatic rings. The summed E-state index contributed by atoms with van der Waals surface area (Å²) < 4.78 is 2.07. The van der Waals surface area contributed by atoms with Crippen LogP contribution in [0.1, 0.15) is 30.6 Å². The molecule has 1 saturated carbocycles. The minimum absolute atomic E-state index is 0.351. The van der Waals surface area contributed by atoms with E-state index in [2.05, 4.69) is 19.8 Å². The molecule has 6 heteroatoms. The van der Waals surface area contributed by atoms with Crippen LogP contribution in [-0.2, 0) is 4.79 Å². The predicted molar refractivity (Wildman–Crippen MR) is 69.0 cm³/mol. The van der Waals surface area contributed by atoms with Gasteiger partial charge in [-0.2, -0.15) is 0 Å². The van der Waals surface area contributed by atoms with Gasteiger partial charge < -0.3 is 15.2 Å². The number of rotatable bonds is 7. The topological polar surface area (TPSA) is 76.2 Å². The third kappa shape index (κ3) is 3.08. The highest BCUT2D eigenvalue weighted by Gasteiger charge is 2.29. The van der Waals surface area contributed by atoms with Crippen molar-refractivity contribution in [2.75, 3.05) is 27.2 Å². The normalized spacial score (nSPS) is 17.1. The van der Waals surface area contributed by atoms with Gasteiger partial charge in [-0.15, -0.1) is 0 Å². The number of carbonyl (C=O) groups excluding carboxylic acids is 1. The summed E-state index contributed by atoms with van der Waals surface area (Å²) in [5, 5.41) is 3.20. The summed E-state index contributed by atoms with van der Waals surface area (Å²) in [5.41, 5.74) is 6.36. The lowest BCUT2D eigenvalue weighted by atomic mass is 10.2. The van der Waals surface area contributed by atoms with Gasteiger partial charge in [0.2, 0.25) is 5.91 Å².